The third kappa shape index (κ3) is 3.31. The zero-order valence-electron chi connectivity index (χ0n) is 15.6. The lowest BCUT2D eigenvalue weighted by Crippen LogP contribution is -2.45. The minimum atomic E-state index is -0.960. The van der Waals surface area contributed by atoms with Gasteiger partial charge in [0.2, 0.25) is 5.91 Å². The first-order valence-electron chi connectivity index (χ1n) is 9.63. The molecule has 0 radical (unpaired) electrons. The van der Waals surface area contributed by atoms with Crippen molar-refractivity contribution < 1.29 is 19.5 Å². The predicted molar refractivity (Wildman–Crippen MR) is 97.0 cm³/mol. The summed E-state index contributed by atoms with van der Waals surface area (Å²) in [7, 11) is 0. The molecule has 3 aliphatic rings. The summed E-state index contributed by atoms with van der Waals surface area (Å²) in [6.45, 7) is 3.59. The lowest BCUT2D eigenvalue weighted by Gasteiger charge is -2.39. The minimum absolute atomic E-state index is 0.209. The van der Waals surface area contributed by atoms with Crippen LogP contribution in [0.4, 0.5) is 0 Å². The van der Waals surface area contributed by atoms with E-state index in [1.54, 1.807) is 12.3 Å². The molecule has 7 heteroatoms. The molecule has 1 unspecified atom stereocenters. The van der Waals surface area contributed by atoms with Gasteiger partial charge in [0.1, 0.15) is 6.04 Å². The molecule has 144 valence electrons. The zero-order chi connectivity index (χ0) is 19.2. The van der Waals surface area contributed by atoms with Gasteiger partial charge in [-0.15, -0.1) is 0 Å². The highest BCUT2D eigenvalue weighted by Gasteiger charge is 2.51. The molecule has 2 amide bonds. The number of aliphatic carboxylic acids is 1. The number of rotatable bonds is 3. The first-order valence-corrected chi connectivity index (χ1v) is 9.63. The number of hydrogen-bond donors (Lipinski definition) is 1. The molecule has 4 rings (SSSR count). The summed E-state index contributed by atoms with van der Waals surface area (Å²) in [6, 6.07) is 0.944. The summed E-state index contributed by atoms with van der Waals surface area (Å²) in [5.74, 6) is -0.766. The number of nitrogens with zero attached hydrogens (tertiary/aromatic N) is 3. The van der Waals surface area contributed by atoms with E-state index >= 15 is 0 Å². The van der Waals surface area contributed by atoms with Crippen LogP contribution < -0.4 is 0 Å². The monoisotopic (exact) mass is 371 g/mol. The molecule has 0 aromatic carbocycles. The Labute approximate surface area is 158 Å². The number of carboxylic acid groups (broad SMARTS) is 1. The molecule has 0 bridgehead atoms. The maximum Gasteiger partial charge on any atom is 0.326 e. The molecule has 2 aliphatic heterocycles. The number of piperidine rings is 1. The highest BCUT2D eigenvalue weighted by Crippen LogP contribution is 2.45. The van der Waals surface area contributed by atoms with Crippen molar-refractivity contribution in [3.63, 3.8) is 0 Å². The molecule has 1 aromatic rings. The highest BCUT2D eigenvalue weighted by molar-refractivity contribution is 5.98. The molecule has 1 atom stereocenters. The Balaban J connectivity index is 1.51. The summed E-state index contributed by atoms with van der Waals surface area (Å²) < 4.78 is 0. The van der Waals surface area contributed by atoms with E-state index in [2.05, 4.69) is 4.98 Å². The maximum absolute atomic E-state index is 13.0. The van der Waals surface area contributed by atoms with Crippen LogP contribution in [0.15, 0.2) is 18.5 Å². The largest absolute Gasteiger partial charge is 0.480 e. The van der Waals surface area contributed by atoms with Gasteiger partial charge in [0.25, 0.3) is 5.91 Å². The van der Waals surface area contributed by atoms with Gasteiger partial charge in [-0.05, 0) is 56.1 Å². The molecule has 1 aromatic heterocycles. The lowest BCUT2D eigenvalue weighted by atomic mass is 9.76. The quantitative estimate of drug-likeness (QED) is 0.873. The zero-order valence-corrected chi connectivity index (χ0v) is 15.6. The van der Waals surface area contributed by atoms with Gasteiger partial charge in [-0.3, -0.25) is 14.6 Å². The standard InChI is InChI=1S/C20H25N3O4/c1-13-4-7-21-11-15(13)18(25)23-12-20(10-16(23)19(26)27)5-8-22(9-6-20)17(24)14-2-3-14/h4,7,11,14,16H,2-3,5-6,8-10,12H2,1H3,(H,26,27). The fourth-order valence-corrected chi connectivity index (χ4v) is 4.49. The van der Waals surface area contributed by atoms with E-state index in [1.807, 2.05) is 11.8 Å². The number of amides is 2. The van der Waals surface area contributed by atoms with Crippen molar-refractivity contribution in [2.24, 2.45) is 11.3 Å². The second kappa shape index (κ2) is 6.62. The van der Waals surface area contributed by atoms with E-state index in [4.69, 9.17) is 0 Å². The van der Waals surface area contributed by atoms with Crippen molar-refractivity contribution in [1.82, 2.24) is 14.8 Å². The number of pyridine rings is 1. The predicted octanol–water partition coefficient (Wildman–Crippen LogP) is 1.71. The Morgan fingerprint density at radius 1 is 1.22 bits per heavy atom. The van der Waals surface area contributed by atoms with Gasteiger partial charge in [-0.2, -0.15) is 0 Å². The Bertz CT molecular complexity index is 781. The normalized spacial score (nSPS) is 24.3. The van der Waals surface area contributed by atoms with Gasteiger partial charge in [0, 0.05) is 37.9 Å². The van der Waals surface area contributed by atoms with Crippen LogP contribution in [0.1, 0.15) is 48.0 Å². The van der Waals surface area contributed by atoms with Crippen LogP contribution in [0.25, 0.3) is 0 Å². The molecule has 1 N–H and O–H groups in total. The number of aryl methyl sites for hydroxylation is 1. The number of likely N-dealkylation sites (tertiary alicyclic amines) is 2. The molecule has 3 fully saturated rings. The average Bonchev–Trinajstić information content (AvgIpc) is 3.44. The first kappa shape index (κ1) is 17.9. The van der Waals surface area contributed by atoms with Gasteiger partial charge in [-0.1, -0.05) is 0 Å². The van der Waals surface area contributed by atoms with Crippen molar-refractivity contribution in [1.29, 1.82) is 0 Å². The van der Waals surface area contributed by atoms with Gasteiger partial charge in [0.05, 0.1) is 5.56 Å². The molecule has 27 heavy (non-hydrogen) atoms. The van der Waals surface area contributed by atoms with E-state index in [0.717, 1.165) is 31.2 Å². The third-order valence-electron chi connectivity index (χ3n) is 6.39. The van der Waals surface area contributed by atoms with Crippen LogP contribution in [0, 0.1) is 18.3 Å². The fourth-order valence-electron chi connectivity index (χ4n) is 4.49. The smallest absolute Gasteiger partial charge is 0.326 e. The lowest BCUT2D eigenvalue weighted by molar-refractivity contribution is -0.141. The van der Waals surface area contributed by atoms with Crippen LogP contribution in [-0.4, -0.2) is 63.4 Å². The Hall–Kier alpha value is -2.44. The fraction of sp³-hybridized carbons (Fsp3) is 0.600. The van der Waals surface area contributed by atoms with Gasteiger partial charge < -0.3 is 14.9 Å². The average molecular weight is 371 g/mol. The molecule has 3 heterocycles. The number of hydrogen-bond acceptors (Lipinski definition) is 4. The summed E-state index contributed by atoms with van der Waals surface area (Å²) in [4.78, 5) is 44.6. The number of aromatic nitrogens is 1. The van der Waals surface area contributed by atoms with E-state index in [0.29, 0.717) is 31.6 Å². The van der Waals surface area contributed by atoms with Gasteiger partial charge in [-0.25, -0.2) is 4.79 Å². The molecule has 7 nitrogen and oxygen atoms in total. The molecule has 1 aliphatic carbocycles. The molecular weight excluding hydrogens is 346 g/mol. The summed E-state index contributed by atoms with van der Waals surface area (Å²) >= 11 is 0. The Kier molecular flexibility index (Phi) is 4.40. The van der Waals surface area contributed by atoms with Crippen LogP contribution in [-0.2, 0) is 9.59 Å². The third-order valence-corrected chi connectivity index (χ3v) is 6.39. The van der Waals surface area contributed by atoms with Crippen LogP contribution in [0.3, 0.4) is 0 Å². The highest BCUT2D eigenvalue weighted by atomic mass is 16.4. The number of carbonyl (C=O) groups is 3. The first-order chi connectivity index (χ1) is 12.9. The number of carboxylic acids is 1. The summed E-state index contributed by atoms with van der Waals surface area (Å²) in [5, 5.41) is 9.71. The van der Waals surface area contributed by atoms with E-state index in [9.17, 15) is 19.5 Å². The van der Waals surface area contributed by atoms with Gasteiger partial charge >= 0.3 is 5.97 Å². The van der Waals surface area contributed by atoms with Crippen molar-refractivity contribution in [2.45, 2.75) is 45.1 Å². The summed E-state index contributed by atoms with van der Waals surface area (Å²) in [6.07, 6.45) is 7.09. The topological polar surface area (TPSA) is 90.8 Å². The van der Waals surface area contributed by atoms with E-state index < -0.39 is 12.0 Å². The van der Waals surface area contributed by atoms with Crippen molar-refractivity contribution >= 4 is 17.8 Å². The van der Waals surface area contributed by atoms with Crippen molar-refractivity contribution in [2.75, 3.05) is 19.6 Å². The van der Waals surface area contributed by atoms with Crippen LogP contribution in [0.2, 0.25) is 0 Å². The molecule has 1 spiro atoms. The summed E-state index contributed by atoms with van der Waals surface area (Å²) in [5.41, 5.74) is 1.04. The van der Waals surface area contributed by atoms with E-state index in [1.165, 1.54) is 11.1 Å². The van der Waals surface area contributed by atoms with Gasteiger partial charge in [0.15, 0.2) is 0 Å². The SMILES string of the molecule is Cc1ccncc1C(=O)N1CC2(CCN(C(=O)C3CC3)CC2)CC1C(=O)O. The molecular formula is C20H25N3O4. The molecule has 2 saturated heterocycles. The van der Waals surface area contributed by atoms with Crippen LogP contribution in [0.5, 0.6) is 0 Å². The van der Waals surface area contributed by atoms with E-state index in [-0.39, 0.29) is 23.1 Å². The minimum Gasteiger partial charge on any atom is -0.480 e. The van der Waals surface area contributed by atoms with Crippen molar-refractivity contribution in [3.05, 3.63) is 29.6 Å². The molecule has 1 saturated carbocycles. The van der Waals surface area contributed by atoms with Crippen molar-refractivity contribution in [3.8, 4) is 0 Å². The Morgan fingerprint density at radius 3 is 2.52 bits per heavy atom. The van der Waals surface area contributed by atoms with Crippen LogP contribution >= 0.6 is 0 Å². The second-order valence-corrected chi connectivity index (χ2v) is 8.28. The Morgan fingerprint density at radius 2 is 1.93 bits per heavy atom. The second-order valence-electron chi connectivity index (χ2n) is 8.28. The maximum atomic E-state index is 13.0. The number of carbonyl (C=O) groups excluding carboxylic acids is 2.